The maximum Gasteiger partial charge on any atom is 0.317 e. The van der Waals surface area contributed by atoms with E-state index in [9.17, 15) is 9.59 Å². The summed E-state index contributed by atoms with van der Waals surface area (Å²) >= 11 is 0. The van der Waals surface area contributed by atoms with Crippen LogP contribution in [-0.2, 0) is 4.79 Å². The summed E-state index contributed by atoms with van der Waals surface area (Å²) < 4.78 is 0. The summed E-state index contributed by atoms with van der Waals surface area (Å²) in [5.41, 5.74) is 0. The number of carboxylic acid groups (broad SMARTS) is 1. The standard InChI is InChI=1S/C13H22N2O3/c1-9(5-12(16)17)14-13(18)15-7-10-3-2-4-11(6-10)8-15/h9-11H,2-8H2,1H3,(H,14,18)(H,16,17). The first-order chi connectivity index (χ1) is 8.54. The van der Waals surface area contributed by atoms with Gasteiger partial charge in [-0.2, -0.15) is 0 Å². The molecule has 0 radical (unpaired) electrons. The third-order valence-corrected chi connectivity index (χ3v) is 3.99. The van der Waals surface area contributed by atoms with Crippen LogP contribution in [-0.4, -0.2) is 41.1 Å². The number of carbonyl (C=O) groups excluding carboxylic acids is 1. The van der Waals surface area contributed by atoms with Crippen LogP contribution in [0.25, 0.3) is 0 Å². The molecule has 2 bridgehead atoms. The molecule has 1 heterocycles. The number of piperidine rings is 1. The van der Waals surface area contributed by atoms with Crippen LogP contribution in [0.5, 0.6) is 0 Å². The quantitative estimate of drug-likeness (QED) is 0.805. The Morgan fingerprint density at radius 3 is 2.50 bits per heavy atom. The second-order valence-electron chi connectivity index (χ2n) is 5.75. The minimum atomic E-state index is -0.877. The van der Waals surface area contributed by atoms with Gasteiger partial charge < -0.3 is 15.3 Å². The Hall–Kier alpha value is -1.26. The largest absolute Gasteiger partial charge is 0.481 e. The second-order valence-corrected chi connectivity index (χ2v) is 5.75. The molecule has 3 atom stereocenters. The highest BCUT2D eigenvalue weighted by atomic mass is 16.4. The molecule has 1 aliphatic carbocycles. The number of nitrogens with zero attached hydrogens (tertiary/aromatic N) is 1. The van der Waals surface area contributed by atoms with Crippen molar-refractivity contribution in [3.8, 4) is 0 Å². The fourth-order valence-corrected chi connectivity index (χ4v) is 3.21. The predicted octanol–water partition coefficient (Wildman–Crippen LogP) is 1.68. The van der Waals surface area contributed by atoms with E-state index in [1.807, 2.05) is 4.90 Å². The van der Waals surface area contributed by atoms with Gasteiger partial charge >= 0.3 is 12.0 Å². The van der Waals surface area contributed by atoms with Crippen LogP contribution in [0, 0.1) is 11.8 Å². The molecule has 18 heavy (non-hydrogen) atoms. The molecule has 3 unspecified atom stereocenters. The molecule has 5 heteroatoms. The normalized spacial score (nSPS) is 28.6. The fraction of sp³-hybridized carbons (Fsp3) is 0.846. The van der Waals surface area contributed by atoms with Crippen molar-refractivity contribution in [3.05, 3.63) is 0 Å². The van der Waals surface area contributed by atoms with Gasteiger partial charge in [-0.1, -0.05) is 6.42 Å². The smallest absolute Gasteiger partial charge is 0.317 e. The highest BCUT2D eigenvalue weighted by Crippen LogP contribution is 2.34. The third kappa shape index (κ3) is 3.37. The molecule has 2 fully saturated rings. The highest BCUT2D eigenvalue weighted by molar-refractivity contribution is 5.76. The van der Waals surface area contributed by atoms with E-state index in [0.717, 1.165) is 13.1 Å². The molecule has 5 nitrogen and oxygen atoms in total. The number of fused-ring (bicyclic) bond motifs is 2. The molecule has 2 aliphatic rings. The summed E-state index contributed by atoms with van der Waals surface area (Å²) in [4.78, 5) is 24.5. The SMILES string of the molecule is CC(CC(=O)O)NC(=O)N1CC2CCCC(C2)C1. The van der Waals surface area contributed by atoms with Crippen LogP contribution in [0.4, 0.5) is 4.79 Å². The highest BCUT2D eigenvalue weighted by Gasteiger charge is 2.32. The van der Waals surface area contributed by atoms with Crippen molar-refractivity contribution in [1.29, 1.82) is 0 Å². The zero-order valence-electron chi connectivity index (χ0n) is 10.9. The summed E-state index contributed by atoms with van der Waals surface area (Å²) in [5.74, 6) is 0.425. The number of carbonyl (C=O) groups is 2. The van der Waals surface area contributed by atoms with E-state index in [0.29, 0.717) is 11.8 Å². The Kier molecular flexibility index (Phi) is 4.09. The van der Waals surface area contributed by atoms with Crippen LogP contribution in [0.2, 0.25) is 0 Å². The number of nitrogens with one attached hydrogen (secondary N) is 1. The number of urea groups is 1. The molecule has 0 aromatic rings. The van der Waals surface area contributed by atoms with Gasteiger partial charge in [-0.3, -0.25) is 4.79 Å². The van der Waals surface area contributed by atoms with Gasteiger partial charge in [-0.05, 0) is 38.0 Å². The van der Waals surface area contributed by atoms with Crippen molar-refractivity contribution >= 4 is 12.0 Å². The van der Waals surface area contributed by atoms with Gasteiger partial charge in [-0.15, -0.1) is 0 Å². The number of hydrogen-bond acceptors (Lipinski definition) is 2. The zero-order chi connectivity index (χ0) is 13.1. The summed E-state index contributed by atoms with van der Waals surface area (Å²) in [6.45, 7) is 3.40. The molecule has 2 rings (SSSR count). The van der Waals surface area contributed by atoms with Gasteiger partial charge in [0.25, 0.3) is 0 Å². The third-order valence-electron chi connectivity index (χ3n) is 3.99. The lowest BCUT2D eigenvalue weighted by Gasteiger charge is -2.41. The number of likely N-dealkylation sites (tertiary alicyclic amines) is 1. The van der Waals surface area contributed by atoms with Crippen molar-refractivity contribution in [3.63, 3.8) is 0 Å². The van der Waals surface area contributed by atoms with Crippen LogP contribution >= 0.6 is 0 Å². The van der Waals surface area contributed by atoms with E-state index in [2.05, 4.69) is 5.32 Å². The van der Waals surface area contributed by atoms with Crippen molar-refractivity contribution in [2.24, 2.45) is 11.8 Å². The summed E-state index contributed by atoms with van der Waals surface area (Å²) in [7, 11) is 0. The van der Waals surface area contributed by atoms with Gasteiger partial charge in [0.1, 0.15) is 0 Å². The minimum absolute atomic E-state index is 0.0214. The van der Waals surface area contributed by atoms with Crippen molar-refractivity contribution < 1.29 is 14.7 Å². The first-order valence-electron chi connectivity index (χ1n) is 6.82. The summed E-state index contributed by atoms with van der Waals surface area (Å²) in [6, 6.07) is -0.405. The summed E-state index contributed by atoms with van der Waals surface area (Å²) in [5, 5.41) is 11.4. The predicted molar refractivity (Wildman–Crippen MR) is 67.3 cm³/mol. The Labute approximate surface area is 108 Å². The van der Waals surface area contributed by atoms with Crippen LogP contribution in [0.1, 0.15) is 39.0 Å². The van der Waals surface area contributed by atoms with Gasteiger partial charge in [0, 0.05) is 19.1 Å². The molecule has 0 spiro atoms. The molecular formula is C13H22N2O3. The van der Waals surface area contributed by atoms with E-state index in [-0.39, 0.29) is 18.5 Å². The second kappa shape index (κ2) is 5.59. The Balaban J connectivity index is 1.83. The molecule has 0 aromatic carbocycles. The van der Waals surface area contributed by atoms with E-state index in [4.69, 9.17) is 5.11 Å². The summed E-state index contributed by atoms with van der Waals surface area (Å²) in [6.07, 6.45) is 4.98. The maximum absolute atomic E-state index is 12.0. The average Bonchev–Trinajstić information content (AvgIpc) is 2.26. The van der Waals surface area contributed by atoms with E-state index < -0.39 is 5.97 Å². The number of carboxylic acids is 1. The van der Waals surface area contributed by atoms with Crippen molar-refractivity contribution in [2.45, 2.75) is 45.1 Å². The monoisotopic (exact) mass is 254 g/mol. The number of rotatable bonds is 3. The molecule has 2 amide bonds. The first-order valence-corrected chi connectivity index (χ1v) is 6.82. The topological polar surface area (TPSA) is 69.6 Å². The molecule has 1 aliphatic heterocycles. The molecule has 102 valence electrons. The maximum atomic E-state index is 12.0. The lowest BCUT2D eigenvalue weighted by atomic mass is 9.78. The van der Waals surface area contributed by atoms with Crippen molar-refractivity contribution in [1.82, 2.24) is 10.2 Å². The van der Waals surface area contributed by atoms with Gasteiger partial charge in [0.15, 0.2) is 0 Å². The average molecular weight is 254 g/mol. The Morgan fingerprint density at radius 2 is 1.94 bits per heavy atom. The van der Waals surface area contributed by atoms with Gasteiger partial charge in [0.2, 0.25) is 0 Å². The molecule has 0 aromatic heterocycles. The number of amides is 2. The fourth-order valence-electron chi connectivity index (χ4n) is 3.21. The van der Waals surface area contributed by atoms with Crippen LogP contribution in [0.15, 0.2) is 0 Å². The molecule has 2 N–H and O–H groups in total. The number of hydrogen-bond donors (Lipinski definition) is 2. The number of aliphatic carboxylic acids is 1. The zero-order valence-corrected chi connectivity index (χ0v) is 10.9. The van der Waals surface area contributed by atoms with Crippen molar-refractivity contribution in [2.75, 3.05) is 13.1 Å². The minimum Gasteiger partial charge on any atom is -0.481 e. The van der Waals surface area contributed by atoms with Crippen LogP contribution < -0.4 is 5.32 Å². The van der Waals surface area contributed by atoms with Gasteiger partial charge in [-0.25, -0.2) is 4.79 Å². The Morgan fingerprint density at radius 1 is 1.33 bits per heavy atom. The molecular weight excluding hydrogens is 232 g/mol. The van der Waals surface area contributed by atoms with Crippen LogP contribution in [0.3, 0.4) is 0 Å². The molecule has 1 saturated carbocycles. The molecule has 1 saturated heterocycles. The lowest BCUT2D eigenvalue weighted by molar-refractivity contribution is -0.137. The van der Waals surface area contributed by atoms with E-state index >= 15 is 0 Å². The lowest BCUT2D eigenvalue weighted by Crippen LogP contribution is -2.51. The first kappa shape index (κ1) is 13.2. The van der Waals surface area contributed by atoms with Gasteiger partial charge in [0.05, 0.1) is 6.42 Å². The van der Waals surface area contributed by atoms with E-state index in [1.54, 1.807) is 6.92 Å². The van der Waals surface area contributed by atoms with E-state index in [1.165, 1.54) is 25.7 Å². The Bertz CT molecular complexity index is 320.